The Labute approximate surface area is 288 Å². The van der Waals surface area contributed by atoms with E-state index in [1.165, 1.54) is 7.11 Å². The summed E-state index contributed by atoms with van der Waals surface area (Å²) < 4.78 is 5.38. The van der Waals surface area contributed by atoms with E-state index >= 15 is 0 Å². The number of rotatable bonds is 11. The lowest BCUT2D eigenvalue weighted by atomic mass is 9.74. The van der Waals surface area contributed by atoms with E-state index in [9.17, 15) is 30.0 Å². The van der Waals surface area contributed by atoms with E-state index in [2.05, 4.69) is 17.2 Å². The van der Waals surface area contributed by atoms with Crippen LogP contribution in [-0.4, -0.2) is 57.8 Å². The molecule has 2 fully saturated rings. The molecule has 3 aromatic carbocycles. The van der Waals surface area contributed by atoms with E-state index in [0.717, 1.165) is 66.1 Å². The number of hydrogen-bond acceptors (Lipinski definition) is 8. The van der Waals surface area contributed by atoms with Crippen LogP contribution in [0.4, 0.5) is 0 Å². The number of aliphatic hydroxyl groups is 2. The molecule has 3 aliphatic rings. The standard InChI is InChI=1S/C41H49NO7/c1-49-41-21-29-12-17-39(47)34(38(46)5-3-2-4-25-18-30-9-14-33(44)22-36(30)42-24-25)15-10-26(35(29)23-40(41)48)11-16-37(45)31-7-6-28-20-32(43)13-8-27(28)19-31/h6-8,13,19-21,23,25-26,30,34,36-38,42-43,45-46,48H,2-5,9,11-12,14,16-18,22,24H2,1H3. The molecule has 1 heterocycles. The van der Waals surface area contributed by atoms with Gasteiger partial charge in [-0.25, -0.2) is 0 Å². The number of carbonyl (C=O) groups is 2. The number of aliphatic hydroxyl groups excluding tert-OH is 2. The third-order valence-electron chi connectivity index (χ3n) is 11.0. The summed E-state index contributed by atoms with van der Waals surface area (Å²) in [5.74, 6) is 7.24. The third-order valence-corrected chi connectivity index (χ3v) is 11.0. The Bertz CT molecular complexity index is 1720. The first-order valence-corrected chi connectivity index (χ1v) is 18.0. The van der Waals surface area contributed by atoms with Crippen LogP contribution in [0.15, 0.2) is 48.5 Å². The predicted molar refractivity (Wildman–Crippen MR) is 189 cm³/mol. The molecule has 0 radical (unpaired) electrons. The number of benzene rings is 3. The normalized spacial score (nSPS) is 25.2. The molecular weight excluding hydrogens is 618 g/mol. The molecule has 1 saturated carbocycles. The number of methoxy groups -OCH3 is 1. The molecule has 0 bridgehead atoms. The van der Waals surface area contributed by atoms with Gasteiger partial charge in [-0.2, -0.15) is 0 Å². The first kappa shape index (κ1) is 34.9. The van der Waals surface area contributed by atoms with Crippen molar-refractivity contribution in [1.82, 2.24) is 5.32 Å². The van der Waals surface area contributed by atoms with Crippen molar-refractivity contribution in [2.45, 2.75) is 101 Å². The van der Waals surface area contributed by atoms with Crippen LogP contribution in [0.25, 0.3) is 10.8 Å². The second-order valence-electron chi connectivity index (χ2n) is 14.4. The quantitative estimate of drug-likeness (QED) is 0.119. The summed E-state index contributed by atoms with van der Waals surface area (Å²) >= 11 is 0. The Hall–Kier alpha value is -3.90. The number of hydrogen-bond donors (Lipinski definition) is 5. The van der Waals surface area contributed by atoms with Crippen LogP contribution in [0.3, 0.4) is 0 Å². The van der Waals surface area contributed by atoms with Crippen LogP contribution in [0.2, 0.25) is 0 Å². The van der Waals surface area contributed by atoms with Crippen molar-refractivity contribution in [3.8, 4) is 29.1 Å². The lowest BCUT2D eigenvalue weighted by molar-refractivity contribution is -0.124. The van der Waals surface area contributed by atoms with Crippen LogP contribution >= 0.6 is 0 Å². The highest BCUT2D eigenvalue weighted by Gasteiger charge is 2.34. The van der Waals surface area contributed by atoms with Crippen LogP contribution in [0.5, 0.6) is 17.2 Å². The number of fused-ring (bicyclic) bond motifs is 3. The molecular formula is C41H49NO7. The Balaban J connectivity index is 1.12. The van der Waals surface area contributed by atoms with Gasteiger partial charge in [0, 0.05) is 31.2 Å². The first-order chi connectivity index (χ1) is 23.7. The van der Waals surface area contributed by atoms with Crippen LogP contribution in [-0.2, 0) is 16.0 Å². The molecule has 2 aliphatic carbocycles. The van der Waals surface area contributed by atoms with Gasteiger partial charge in [-0.1, -0.05) is 42.9 Å². The maximum absolute atomic E-state index is 13.5. The van der Waals surface area contributed by atoms with Crippen molar-refractivity contribution in [2.75, 3.05) is 13.7 Å². The fraction of sp³-hybridized carbons (Fsp3) is 0.512. The third kappa shape index (κ3) is 8.46. The van der Waals surface area contributed by atoms with Crippen molar-refractivity contribution in [1.29, 1.82) is 0 Å². The van der Waals surface area contributed by atoms with Crippen LogP contribution in [0, 0.1) is 29.6 Å². The van der Waals surface area contributed by atoms with Gasteiger partial charge in [0.2, 0.25) is 0 Å². The summed E-state index contributed by atoms with van der Waals surface area (Å²) in [6, 6.07) is 14.6. The van der Waals surface area contributed by atoms with E-state index in [4.69, 9.17) is 4.74 Å². The summed E-state index contributed by atoms with van der Waals surface area (Å²) in [4.78, 5) is 25.3. The van der Waals surface area contributed by atoms with Gasteiger partial charge < -0.3 is 30.5 Å². The van der Waals surface area contributed by atoms with Crippen molar-refractivity contribution in [3.63, 3.8) is 0 Å². The molecule has 49 heavy (non-hydrogen) atoms. The molecule has 8 nitrogen and oxygen atoms in total. The van der Waals surface area contributed by atoms with Gasteiger partial charge in [0.15, 0.2) is 17.3 Å². The van der Waals surface area contributed by atoms with Gasteiger partial charge in [-0.05, 0) is 121 Å². The average Bonchev–Trinajstić information content (AvgIpc) is 3.16. The molecule has 5 N–H and O–H groups in total. The maximum Gasteiger partial charge on any atom is 0.160 e. The Kier molecular flexibility index (Phi) is 11.2. The number of phenols is 2. The van der Waals surface area contributed by atoms with E-state index in [-0.39, 0.29) is 29.6 Å². The van der Waals surface area contributed by atoms with Crippen molar-refractivity contribution in [2.24, 2.45) is 17.8 Å². The maximum atomic E-state index is 13.5. The summed E-state index contributed by atoms with van der Waals surface area (Å²) in [6.07, 6.45) is 6.72. The number of aryl methyl sites for hydroxylation is 1. The van der Waals surface area contributed by atoms with Gasteiger partial charge >= 0.3 is 0 Å². The smallest absolute Gasteiger partial charge is 0.160 e. The summed E-state index contributed by atoms with van der Waals surface area (Å²) in [6.45, 7) is 0.936. The molecule has 7 atom stereocenters. The number of Topliss-reactive ketones (excluding diaryl/α,β-unsaturated/α-hetero) is 2. The van der Waals surface area contributed by atoms with Crippen LogP contribution < -0.4 is 10.1 Å². The summed E-state index contributed by atoms with van der Waals surface area (Å²) in [7, 11) is 1.49. The van der Waals surface area contributed by atoms with Crippen LogP contribution in [0.1, 0.15) is 99.3 Å². The topological polar surface area (TPSA) is 136 Å². The SMILES string of the molecule is COc1cc2c(cc1O)C(CCC(O)c1ccc3cc(O)ccc3c1)C#CC(C(O)CCCCC1CNC3CC(=O)CCC3C1)C(=O)CC2. The zero-order valence-corrected chi connectivity index (χ0v) is 28.4. The fourth-order valence-electron chi connectivity index (χ4n) is 8.17. The van der Waals surface area contributed by atoms with Gasteiger partial charge in [-0.15, -0.1) is 0 Å². The number of nitrogens with one attached hydrogen (secondary N) is 1. The zero-order valence-electron chi connectivity index (χ0n) is 28.4. The molecule has 7 unspecified atom stereocenters. The van der Waals surface area contributed by atoms with Crippen molar-refractivity contribution >= 4 is 22.3 Å². The molecule has 0 spiro atoms. The number of phenolic OH excluding ortho intramolecular Hbond substituents is 2. The minimum absolute atomic E-state index is 0.00537. The molecule has 0 aromatic heterocycles. The molecule has 1 saturated heterocycles. The molecule has 3 aromatic rings. The number of ketones is 2. The number of piperidine rings is 1. The monoisotopic (exact) mass is 667 g/mol. The summed E-state index contributed by atoms with van der Waals surface area (Å²) in [5.41, 5.74) is 2.43. The molecule has 0 amide bonds. The van der Waals surface area contributed by atoms with Crippen molar-refractivity contribution < 1.29 is 34.8 Å². The second kappa shape index (κ2) is 15.8. The largest absolute Gasteiger partial charge is 0.508 e. The van der Waals surface area contributed by atoms with Crippen molar-refractivity contribution in [3.05, 3.63) is 65.2 Å². The van der Waals surface area contributed by atoms with Gasteiger partial charge in [-0.3, -0.25) is 9.59 Å². The van der Waals surface area contributed by atoms with E-state index in [0.29, 0.717) is 67.9 Å². The highest BCUT2D eigenvalue weighted by atomic mass is 16.5. The lowest BCUT2D eigenvalue weighted by Gasteiger charge is -2.39. The Morgan fingerprint density at radius 2 is 1.73 bits per heavy atom. The Morgan fingerprint density at radius 3 is 2.57 bits per heavy atom. The predicted octanol–water partition coefficient (Wildman–Crippen LogP) is 6.26. The second-order valence-corrected chi connectivity index (χ2v) is 14.4. The zero-order chi connectivity index (χ0) is 34.5. The van der Waals surface area contributed by atoms with E-state index in [1.807, 2.05) is 24.3 Å². The molecule has 8 heteroatoms. The van der Waals surface area contributed by atoms with Gasteiger partial charge in [0.1, 0.15) is 17.5 Å². The number of unbranched alkanes of at least 4 members (excludes halogenated alkanes) is 1. The highest BCUT2D eigenvalue weighted by molar-refractivity contribution is 5.85. The number of ether oxygens (including phenoxy) is 1. The fourth-order valence-corrected chi connectivity index (χ4v) is 8.17. The minimum Gasteiger partial charge on any atom is -0.508 e. The summed E-state index contributed by atoms with van der Waals surface area (Å²) in [5, 5.41) is 48.4. The molecule has 260 valence electrons. The highest BCUT2D eigenvalue weighted by Crippen LogP contribution is 2.38. The van der Waals surface area contributed by atoms with Gasteiger partial charge in [0.25, 0.3) is 0 Å². The molecule has 1 aliphatic heterocycles. The molecule has 6 rings (SSSR count). The van der Waals surface area contributed by atoms with Gasteiger partial charge in [0.05, 0.1) is 19.3 Å². The van der Waals surface area contributed by atoms with E-state index in [1.54, 1.807) is 24.3 Å². The average molecular weight is 668 g/mol. The lowest BCUT2D eigenvalue weighted by Crippen LogP contribution is -2.48. The number of carbonyl (C=O) groups excluding carboxylic acids is 2. The Morgan fingerprint density at radius 1 is 0.918 bits per heavy atom. The number of aromatic hydroxyl groups is 2. The van der Waals surface area contributed by atoms with E-state index < -0.39 is 18.1 Å². The minimum atomic E-state index is -0.870. The first-order valence-electron chi connectivity index (χ1n) is 18.0.